The van der Waals surface area contributed by atoms with Crippen LogP contribution in [0.5, 0.6) is 0 Å². The Morgan fingerprint density at radius 2 is 2.06 bits per heavy atom. The maximum atomic E-state index is 6.12. The van der Waals surface area contributed by atoms with Crippen LogP contribution in [0.25, 0.3) is 0 Å². The molecule has 0 bridgehead atoms. The SMILES string of the molecule is CN1CCCC1CNCc1c(Cl)cccc1Cl. The van der Waals surface area contributed by atoms with Gasteiger partial charge >= 0.3 is 0 Å². The van der Waals surface area contributed by atoms with Crippen molar-refractivity contribution >= 4 is 23.2 Å². The molecule has 17 heavy (non-hydrogen) atoms. The van der Waals surface area contributed by atoms with E-state index >= 15 is 0 Å². The van der Waals surface area contributed by atoms with Crippen LogP contribution in [-0.2, 0) is 6.54 Å². The van der Waals surface area contributed by atoms with Gasteiger partial charge in [-0.1, -0.05) is 29.3 Å². The van der Waals surface area contributed by atoms with Gasteiger partial charge in [0.15, 0.2) is 0 Å². The zero-order chi connectivity index (χ0) is 12.3. The van der Waals surface area contributed by atoms with Crippen LogP contribution in [-0.4, -0.2) is 31.1 Å². The minimum atomic E-state index is 0.649. The third-order valence-corrected chi connectivity index (χ3v) is 4.12. The molecule has 0 radical (unpaired) electrons. The fourth-order valence-corrected chi connectivity index (χ4v) is 2.83. The quantitative estimate of drug-likeness (QED) is 0.906. The lowest BCUT2D eigenvalue weighted by molar-refractivity contribution is 0.300. The van der Waals surface area contributed by atoms with Gasteiger partial charge in [0.1, 0.15) is 0 Å². The lowest BCUT2D eigenvalue weighted by atomic mass is 10.2. The van der Waals surface area contributed by atoms with Gasteiger partial charge in [0, 0.05) is 34.7 Å². The molecule has 2 rings (SSSR count). The maximum absolute atomic E-state index is 6.12. The standard InChI is InChI=1S/C13H18Cl2N2/c1-17-7-3-4-10(17)8-16-9-11-12(14)5-2-6-13(11)15/h2,5-6,10,16H,3-4,7-9H2,1H3. The van der Waals surface area contributed by atoms with Gasteiger partial charge in [-0.2, -0.15) is 0 Å². The largest absolute Gasteiger partial charge is 0.311 e. The van der Waals surface area contributed by atoms with Gasteiger partial charge in [0.2, 0.25) is 0 Å². The molecule has 1 heterocycles. The first-order valence-electron chi connectivity index (χ1n) is 6.02. The van der Waals surface area contributed by atoms with E-state index in [1.54, 1.807) is 0 Å². The summed E-state index contributed by atoms with van der Waals surface area (Å²) in [5.41, 5.74) is 0.997. The molecule has 1 saturated heterocycles. The molecule has 1 atom stereocenters. The van der Waals surface area contributed by atoms with E-state index in [-0.39, 0.29) is 0 Å². The minimum Gasteiger partial charge on any atom is -0.311 e. The highest BCUT2D eigenvalue weighted by Gasteiger charge is 2.20. The summed E-state index contributed by atoms with van der Waals surface area (Å²) in [6.07, 6.45) is 2.58. The number of nitrogens with one attached hydrogen (secondary N) is 1. The molecule has 1 aliphatic heterocycles. The number of benzene rings is 1. The number of likely N-dealkylation sites (tertiary alicyclic amines) is 1. The molecule has 2 nitrogen and oxygen atoms in total. The molecular weight excluding hydrogens is 255 g/mol. The van der Waals surface area contributed by atoms with Crippen LogP contribution in [0, 0.1) is 0 Å². The molecule has 0 spiro atoms. The Balaban J connectivity index is 1.86. The maximum Gasteiger partial charge on any atom is 0.0465 e. The Hall–Kier alpha value is -0.280. The highest BCUT2D eigenvalue weighted by atomic mass is 35.5. The van der Waals surface area contributed by atoms with Crippen LogP contribution in [0.1, 0.15) is 18.4 Å². The molecule has 1 N–H and O–H groups in total. The van der Waals surface area contributed by atoms with Crippen LogP contribution in [0.15, 0.2) is 18.2 Å². The molecule has 0 amide bonds. The van der Waals surface area contributed by atoms with Crippen molar-refractivity contribution in [2.45, 2.75) is 25.4 Å². The van der Waals surface area contributed by atoms with E-state index in [1.807, 2.05) is 18.2 Å². The zero-order valence-corrected chi connectivity index (χ0v) is 11.6. The summed E-state index contributed by atoms with van der Waals surface area (Å²) in [6.45, 7) is 2.94. The van der Waals surface area contributed by atoms with Gasteiger partial charge in [-0.15, -0.1) is 0 Å². The Morgan fingerprint density at radius 1 is 1.35 bits per heavy atom. The predicted octanol–water partition coefficient (Wildman–Crippen LogP) is 3.18. The van der Waals surface area contributed by atoms with E-state index in [2.05, 4.69) is 17.3 Å². The van der Waals surface area contributed by atoms with Crippen molar-refractivity contribution in [3.05, 3.63) is 33.8 Å². The van der Waals surface area contributed by atoms with E-state index in [0.717, 1.165) is 28.7 Å². The van der Waals surface area contributed by atoms with E-state index in [9.17, 15) is 0 Å². The van der Waals surface area contributed by atoms with E-state index < -0.39 is 0 Å². The number of likely N-dealkylation sites (N-methyl/N-ethyl adjacent to an activating group) is 1. The smallest absolute Gasteiger partial charge is 0.0465 e. The fourth-order valence-electron chi connectivity index (χ4n) is 2.30. The van der Waals surface area contributed by atoms with Crippen molar-refractivity contribution < 1.29 is 0 Å². The fraction of sp³-hybridized carbons (Fsp3) is 0.538. The summed E-state index contributed by atoms with van der Waals surface area (Å²) in [6, 6.07) is 6.29. The number of nitrogens with zero attached hydrogens (tertiary/aromatic N) is 1. The number of hydrogen-bond donors (Lipinski definition) is 1. The van der Waals surface area contributed by atoms with Gasteiger partial charge in [-0.05, 0) is 38.6 Å². The predicted molar refractivity (Wildman–Crippen MR) is 73.8 cm³/mol. The highest BCUT2D eigenvalue weighted by molar-refractivity contribution is 6.35. The monoisotopic (exact) mass is 272 g/mol. The van der Waals surface area contributed by atoms with Gasteiger partial charge < -0.3 is 10.2 Å². The third-order valence-electron chi connectivity index (χ3n) is 3.41. The van der Waals surface area contributed by atoms with Crippen molar-refractivity contribution in [2.24, 2.45) is 0 Å². The molecule has 1 unspecified atom stereocenters. The average Bonchev–Trinajstić information content (AvgIpc) is 2.69. The first kappa shape index (κ1) is 13.2. The van der Waals surface area contributed by atoms with Crippen LogP contribution in [0.2, 0.25) is 10.0 Å². The molecule has 1 aromatic carbocycles. The summed E-state index contributed by atoms with van der Waals surface area (Å²) in [5.74, 6) is 0. The normalized spacial score (nSPS) is 21.0. The van der Waals surface area contributed by atoms with Crippen LogP contribution >= 0.6 is 23.2 Å². The third kappa shape index (κ3) is 3.35. The number of halogens is 2. The lowest BCUT2D eigenvalue weighted by Crippen LogP contribution is -2.35. The highest BCUT2D eigenvalue weighted by Crippen LogP contribution is 2.24. The van der Waals surface area contributed by atoms with Crippen molar-refractivity contribution in [1.29, 1.82) is 0 Å². The molecule has 1 fully saturated rings. The molecule has 4 heteroatoms. The molecular formula is C13H18Cl2N2. The second-order valence-electron chi connectivity index (χ2n) is 4.61. The molecule has 94 valence electrons. The first-order chi connectivity index (χ1) is 8.18. The molecule has 1 aromatic rings. The van der Waals surface area contributed by atoms with Crippen LogP contribution in [0.4, 0.5) is 0 Å². The Kier molecular flexibility index (Phi) is 4.69. The zero-order valence-electron chi connectivity index (χ0n) is 10.0. The molecule has 0 aromatic heterocycles. The van der Waals surface area contributed by atoms with Crippen LogP contribution in [0.3, 0.4) is 0 Å². The van der Waals surface area contributed by atoms with Gasteiger partial charge in [-0.3, -0.25) is 0 Å². The van der Waals surface area contributed by atoms with Crippen molar-refractivity contribution in [3.8, 4) is 0 Å². The minimum absolute atomic E-state index is 0.649. The summed E-state index contributed by atoms with van der Waals surface area (Å²) in [5, 5.41) is 4.93. The van der Waals surface area contributed by atoms with Crippen LogP contribution < -0.4 is 5.32 Å². The van der Waals surface area contributed by atoms with Crippen molar-refractivity contribution in [1.82, 2.24) is 10.2 Å². The Labute approximate surface area is 113 Å². The van der Waals surface area contributed by atoms with Gasteiger partial charge in [0.25, 0.3) is 0 Å². The molecule has 0 saturated carbocycles. The number of hydrogen-bond acceptors (Lipinski definition) is 2. The number of rotatable bonds is 4. The van der Waals surface area contributed by atoms with Gasteiger partial charge in [0.05, 0.1) is 0 Å². The summed E-state index contributed by atoms with van der Waals surface area (Å²) in [4.78, 5) is 2.40. The van der Waals surface area contributed by atoms with Crippen molar-refractivity contribution in [2.75, 3.05) is 20.1 Å². The molecule has 0 aliphatic carbocycles. The molecule has 1 aliphatic rings. The second-order valence-corrected chi connectivity index (χ2v) is 5.42. The van der Waals surface area contributed by atoms with E-state index in [1.165, 1.54) is 19.4 Å². The topological polar surface area (TPSA) is 15.3 Å². The lowest BCUT2D eigenvalue weighted by Gasteiger charge is -2.20. The summed E-state index contributed by atoms with van der Waals surface area (Å²) in [7, 11) is 2.18. The Morgan fingerprint density at radius 3 is 2.65 bits per heavy atom. The van der Waals surface area contributed by atoms with E-state index in [4.69, 9.17) is 23.2 Å². The summed E-state index contributed by atoms with van der Waals surface area (Å²) < 4.78 is 0. The van der Waals surface area contributed by atoms with Crippen molar-refractivity contribution in [3.63, 3.8) is 0 Å². The Bertz CT molecular complexity index is 361. The summed E-state index contributed by atoms with van der Waals surface area (Å²) >= 11 is 12.2. The second kappa shape index (κ2) is 6.05. The average molecular weight is 273 g/mol. The first-order valence-corrected chi connectivity index (χ1v) is 6.78. The van der Waals surface area contributed by atoms with Gasteiger partial charge in [-0.25, -0.2) is 0 Å². The van der Waals surface area contributed by atoms with E-state index in [0.29, 0.717) is 6.04 Å².